The lowest BCUT2D eigenvalue weighted by molar-refractivity contribution is 0.0547. The molecule has 0 radical (unpaired) electrons. The molecule has 2 atom stereocenters. The van der Waals surface area contributed by atoms with Gasteiger partial charge in [0, 0.05) is 18.2 Å². The van der Waals surface area contributed by atoms with E-state index < -0.39 is 0 Å². The Morgan fingerprint density at radius 3 is 2.55 bits per heavy atom. The van der Waals surface area contributed by atoms with E-state index in [0.717, 1.165) is 24.1 Å². The van der Waals surface area contributed by atoms with E-state index in [2.05, 4.69) is 29.2 Å². The minimum Gasteiger partial charge on any atom is -0.389 e. The Kier molecular flexibility index (Phi) is 4.37. The zero-order chi connectivity index (χ0) is 13.9. The van der Waals surface area contributed by atoms with E-state index in [4.69, 9.17) is 18.0 Å². The van der Waals surface area contributed by atoms with Crippen molar-refractivity contribution in [3.8, 4) is 0 Å². The molecule has 2 aliphatic rings. The first-order chi connectivity index (χ1) is 9.74. The van der Waals surface area contributed by atoms with Gasteiger partial charge in [0.05, 0.1) is 0 Å². The highest BCUT2D eigenvalue weighted by Crippen LogP contribution is 2.35. The van der Waals surface area contributed by atoms with Crippen molar-refractivity contribution in [3.63, 3.8) is 0 Å². The summed E-state index contributed by atoms with van der Waals surface area (Å²) in [6.45, 7) is 2.34. The first kappa shape index (κ1) is 14.0. The zero-order valence-corrected chi connectivity index (χ0v) is 12.9. The van der Waals surface area contributed by atoms with Crippen LogP contribution < -0.4 is 5.73 Å². The summed E-state index contributed by atoms with van der Waals surface area (Å²) in [4.78, 5) is 3.20. The molecule has 1 saturated heterocycles. The van der Waals surface area contributed by atoms with Gasteiger partial charge in [-0.2, -0.15) is 0 Å². The molecule has 0 aromatic heterocycles. The lowest BCUT2D eigenvalue weighted by Gasteiger charge is -2.44. The third-order valence-electron chi connectivity index (χ3n) is 4.98. The Balaban J connectivity index is 1.68. The molecule has 3 rings (SSSR count). The molecular weight excluding hydrogens is 264 g/mol. The number of thiocarbonyl (C=S) groups is 1. The van der Waals surface area contributed by atoms with Gasteiger partial charge in [-0.25, -0.2) is 0 Å². The van der Waals surface area contributed by atoms with Gasteiger partial charge in [-0.05, 0) is 43.7 Å². The van der Waals surface area contributed by atoms with Gasteiger partial charge >= 0.3 is 0 Å². The molecule has 108 valence electrons. The molecule has 3 heteroatoms. The number of hydrogen-bond acceptors (Lipinski definition) is 2. The van der Waals surface area contributed by atoms with E-state index >= 15 is 0 Å². The Bertz CT molecular complexity index is 466. The fourth-order valence-electron chi connectivity index (χ4n) is 3.93. The van der Waals surface area contributed by atoms with E-state index in [1.54, 1.807) is 0 Å². The van der Waals surface area contributed by atoms with Crippen molar-refractivity contribution >= 4 is 17.2 Å². The zero-order valence-electron chi connectivity index (χ0n) is 12.1. The Morgan fingerprint density at radius 1 is 1.10 bits per heavy atom. The monoisotopic (exact) mass is 288 g/mol. The smallest absolute Gasteiger partial charge is 0.103 e. The van der Waals surface area contributed by atoms with Gasteiger partial charge < -0.3 is 5.73 Å². The Labute approximate surface area is 127 Å². The molecule has 0 amide bonds. The maximum atomic E-state index is 5.66. The third-order valence-corrected chi connectivity index (χ3v) is 5.22. The van der Waals surface area contributed by atoms with E-state index in [0.29, 0.717) is 4.99 Å². The summed E-state index contributed by atoms with van der Waals surface area (Å²) in [7, 11) is 0. The van der Waals surface area contributed by atoms with Crippen molar-refractivity contribution in [2.45, 2.75) is 51.1 Å². The molecule has 1 aliphatic carbocycles. The summed E-state index contributed by atoms with van der Waals surface area (Å²) in [6.07, 6.45) is 8.51. The van der Waals surface area contributed by atoms with Crippen LogP contribution in [0.15, 0.2) is 24.3 Å². The van der Waals surface area contributed by atoms with E-state index in [9.17, 15) is 0 Å². The van der Waals surface area contributed by atoms with Gasteiger partial charge in [0.1, 0.15) is 4.99 Å². The number of piperidine rings is 1. The van der Waals surface area contributed by atoms with Crippen molar-refractivity contribution in [2.24, 2.45) is 11.7 Å². The normalized spacial score (nSPS) is 27.0. The van der Waals surface area contributed by atoms with Crippen LogP contribution in [0.2, 0.25) is 0 Å². The maximum absolute atomic E-state index is 5.66. The molecule has 2 fully saturated rings. The van der Waals surface area contributed by atoms with Crippen LogP contribution in [-0.2, 0) is 6.54 Å². The molecule has 2 nitrogen and oxygen atoms in total. The number of fused-ring (bicyclic) bond motifs is 1. The van der Waals surface area contributed by atoms with Gasteiger partial charge in [0.15, 0.2) is 0 Å². The number of nitrogens with two attached hydrogens (primary N) is 1. The lowest BCUT2D eigenvalue weighted by atomic mass is 9.78. The molecule has 1 aromatic carbocycles. The van der Waals surface area contributed by atoms with Crippen molar-refractivity contribution in [1.82, 2.24) is 4.90 Å². The Morgan fingerprint density at radius 2 is 1.80 bits per heavy atom. The van der Waals surface area contributed by atoms with Gasteiger partial charge in [0.25, 0.3) is 0 Å². The molecule has 1 heterocycles. The number of nitrogens with zero attached hydrogens (tertiary/aromatic N) is 1. The van der Waals surface area contributed by atoms with Crippen LogP contribution in [0, 0.1) is 5.92 Å². The van der Waals surface area contributed by atoms with Gasteiger partial charge in [-0.15, -0.1) is 0 Å². The fourth-order valence-corrected chi connectivity index (χ4v) is 4.07. The van der Waals surface area contributed by atoms with E-state index in [1.807, 2.05) is 0 Å². The van der Waals surface area contributed by atoms with Crippen LogP contribution in [0.25, 0.3) is 0 Å². The molecule has 1 aromatic rings. The number of likely N-dealkylation sites (tertiary alicyclic amines) is 1. The summed E-state index contributed by atoms with van der Waals surface area (Å²) in [5, 5.41) is 0. The minimum absolute atomic E-state index is 0.488. The SMILES string of the molecule is NC(=S)c1ccc(CN2CCC[C@H]3CCCC[C@H]32)cc1. The van der Waals surface area contributed by atoms with Crippen LogP contribution in [0.5, 0.6) is 0 Å². The molecule has 20 heavy (non-hydrogen) atoms. The first-order valence-electron chi connectivity index (χ1n) is 7.87. The average molecular weight is 288 g/mol. The number of benzene rings is 1. The quantitative estimate of drug-likeness (QED) is 0.864. The van der Waals surface area contributed by atoms with Crippen LogP contribution in [0.1, 0.15) is 49.7 Å². The second kappa shape index (κ2) is 6.23. The van der Waals surface area contributed by atoms with Gasteiger partial charge in [-0.3, -0.25) is 4.90 Å². The Hall–Kier alpha value is -0.930. The van der Waals surface area contributed by atoms with Crippen LogP contribution in [0.3, 0.4) is 0 Å². The summed E-state index contributed by atoms with van der Waals surface area (Å²) in [5.41, 5.74) is 8.01. The molecule has 0 unspecified atom stereocenters. The summed E-state index contributed by atoms with van der Waals surface area (Å²) >= 11 is 5.01. The second-order valence-electron chi connectivity index (χ2n) is 6.29. The van der Waals surface area contributed by atoms with E-state index in [-0.39, 0.29) is 0 Å². The van der Waals surface area contributed by atoms with Crippen molar-refractivity contribution in [3.05, 3.63) is 35.4 Å². The third kappa shape index (κ3) is 3.04. The topological polar surface area (TPSA) is 29.3 Å². The summed E-state index contributed by atoms with van der Waals surface area (Å²) < 4.78 is 0. The number of hydrogen-bond donors (Lipinski definition) is 1. The first-order valence-corrected chi connectivity index (χ1v) is 8.27. The van der Waals surface area contributed by atoms with Crippen LogP contribution in [0.4, 0.5) is 0 Å². The molecule has 1 aliphatic heterocycles. The maximum Gasteiger partial charge on any atom is 0.103 e. The largest absolute Gasteiger partial charge is 0.389 e. The van der Waals surface area contributed by atoms with Gasteiger partial charge in [-0.1, -0.05) is 49.3 Å². The fraction of sp³-hybridized carbons (Fsp3) is 0.588. The molecule has 0 spiro atoms. The average Bonchev–Trinajstić information content (AvgIpc) is 2.48. The summed E-state index contributed by atoms with van der Waals surface area (Å²) in [6, 6.07) is 9.30. The van der Waals surface area contributed by atoms with Crippen molar-refractivity contribution in [2.75, 3.05) is 6.54 Å². The highest BCUT2D eigenvalue weighted by molar-refractivity contribution is 7.80. The van der Waals surface area contributed by atoms with Crippen LogP contribution in [-0.4, -0.2) is 22.5 Å². The standard InChI is InChI=1S/C17H24N2S/c18-17(20)15-9-7-13(8-10-15)12-19-11-3-5-14-4-1-2-6-16(14)19/h7-10,14,16H,1-6,11-12H2,(H2,18,20)/t14-,16-/m1/s1. The number of rotatable bonds is 3. The van der Waals surface area contributed by atoms with Gasteiger partial charge in [0.2, 0.25) is 0 Å². The van der Waals surface area contributed by atoms with Crippen molar-refractivity contribution in [1.29, 1.82) is 0 Å². The highest BCUT2D eigenvalue weighted by atomic mass is 32.1. The molecular formula is C17H24N2S. The minimum atomic E-state index is 0.488. The molecule has 0 bridgehead atoms. The van der Waals surface area contributed by atoms with Crippen LogP contribution >= 0.6 is 12.2 Å². The molecule has 2 N–H and O–H groups in total. The van der Waals surface area contributed by atoms with Crippen molar-refractivity contribution < 1.29 is 0 Å². The van der Waals surface area contributed by atoms with E-state index in [1.165, 1.54) is 50.6 Å². The highest BCUT2D eigenvalue weighted by Gasteiger charge is 2.32. The predicted molar refractivity (Wildman–Crippen MR) is 87.7 cm³/mol. The summed E-state index contributed by atoms with van der Waals surface area (Å²) in [5.74, 6) is 0.952. The predicted octanol–water partition coefficient (Wildman–Crippen LogP) is 3.48. The lowest BCUT2D eigenvalue weighted by Crippen LogP contribution is -2.46. The second-order valence-corrected chi connectivity index (χ2v) is 6.73. The molecule has 1 saturated carbocycles.